The van der Waals surface area contributed by atoms with E-state index in [9.17, 15) is 0 Å². The minimum Gasteiger partial charge on any atom is -0.399 e. The van der Waals surface area contributed by atoms with E-state index in [0.29, 0.717) is 0 Å². The number of nitrogens with zero attached hydrogens (tertiary/aromatic N) is 1. The Labute approximate surface area is 86.7 Å². The maximum absolute atomic E-state index is 5.77. The Kier molecular flexibility index (Phi) is 3.81. The van der Waals surface area contributed by atoms with Crippen molar-refractivity contribution in [1.29, 1.82) is 0 Å². The molecule has 78 valence electrons. The van der Waals surface area contributed by atoms with E-state index < -0.39 is 0 Å². The number of anilines is 2. The van der Waals surface area contributed by atoms with Gasteiger partial charge < -0.3 is 10.6 Å². The van der Waals surface area contributed by atoms with Crippen LogP contribution in [0.5, 0.6) is 0 Å². The lowest BCUT2D eigenvalue weighted by Gasteiger charge is -2.24. The topological polar surface area (TPSA) is 29.3 Å². The van der Waals surface area contributed by atoms with Crippen molar-refractivity contribution in [2.45, 2.75) is 27.2 Å². The maximum Gasteiger partial charge on any atom is 0.0399 e. The summed E-state index contributed by atoms with van der Waals surface area (Å²) in [6.07, 6.45) is 1.04. The van der Waals surface area contributed by atoms with Gasteiger partial charge in [0.1, 0.15) is 0 Å². The molecule has 0 unspecified atom stereocenters. The van der Waals surface area contributed by atoms with E-state index in [1.165, 1.54) is 11.3 Å². The fraction of sp³-hybridized carbons (Fsp3) is 0.500. The summed E-state index contributed by atoms with van der Waals surface area (Å²) in [5.41, 5.74) is 9.29. The maximum atomic E-state index is 5.77. The van der Waals surface area contributed by atoms with Gasteiger partial charge in [0.05, 0.1) is 0 Å². The molecule has 14 heavy (non-hydrogen) atoms. The van der Waals surface area contributed by atoms with E-state index in [0.717, 1.165) is 25.2 Å². The molecule has 0 atom stereocenters. The van der Waals surface area contributed by atoms with E-state index in [1.807, 2.05) is 6.07 Å². The van der Waals surface area contributed by atoms with Crippen molar-refractivity contribution in [1.82, 2.24) is 0 Å². The van der Waals surface area contributed by atoms with Crippen LogP contribution in [0.3, 0.4) is 0 Å². The second kappa shape index (κ2) is 4.89. The van der Waals surface area contributed by atoms with Crippen LogP contribution in [0.15, 0.2) is 18.2 Å². The Morgan fingerprint density at radius 1 is 1.14 bits per heavy atom. The molecule has 2 nitrogen and oxygen atoms in total. The summed E-state index contributed by atoms with van der Waals surface area (Å²) < 4.78 is 0. The molecule has 0 radical (unpaired) electrons. The number of rotatable bonds is 4. The van der Waals surface area contributed by atoms with Crippen LogP contribution >= 0.6 is 0 Å². The SMILES string of the molecule is CCc1cc(N)ccc1N(CC)CC. The molecule has 2 N–H and O–H groups in total. The van der Waals surface area contributed by atoms with Gasteiger partial charge in [0.25, 0.3) is 0 Å². The van der Waals surface area contributed by atoms with E-state index in [4.69, 9.17) is 5.73 Å². The van der Waals surface area contributed by atoms with Gasteiger partial charge in [-0.2, -0.15) is 0 Å². The third kappa shape index (κ3) is 2.19. The van der Waals surface area contributed by atoms with Crippen LogP contribution in [-0.4, -0.2) is 13.1 Å². The van der Waals surface area contributed by atoms with Crippen molar-refractivity contribution < 1.29 is 0 Å². The molecule has 1 rings (SSSR count). The Balaban J connectivity index is 3.06. The van der Waals surface area contributed by atoms with Crippen molar-refractivity contribution in [3.8, 4) is 0 Å². The Hall–Kier alpha value is -1.18. The van der Waals surface area contributed by atoms with Gasteiger partial charge in [-0.15, -0.1) is 0 Å². The highest BCUT2D eigenvalue weighted by molar-refractivity contribution is 5.59. The van der Waals surface area contributed by atoms with Crippen LogP contribution in [0.2, 0.25) is 0 Å². The third-order valence-corrected chi connectivity index (χ3v) is 2.59. The number of benzene rings is 1. The molecule has 0 aliphatic rings. The Morgan fingerprint density at radius 2 is 1.79 bits per heavy atom. The summed E-state index contributed by atoms with van der Waals surface area (Å²) >= 11 is 0. The molecule has 0 aliphatic carbocycles. The molecule has 2 heteroatoms. The molecule has 0 aliphatic heterocycles. The van der Waals surface area contributed by atoms with Gasteiger partial charge in [-0.1, -0.05) is 6.92 Å². The fourth-order valence-corrected chi connectivity index (χ4v) is 1.76. The summed E-state index contributed by atoms with van der Waals surface area (Å²) in [5, 5.41) is 0. The molecular formula is C12H20N2. The van der Waals surface area contributed by atoms with Gasteiger partial charge in [0.15, 0.2) is 0 Å². The molecule has 0 spiro atoms. The third-order valence-electron chi connectivity index (χ3n) is 2.59. The molecule has 0 saturated heterocycles. The van der Waals surface area contributed by atoms with Crippen LogP contribution in [0.25, 0.3) is 0 Å². The van der Waals surface area contributed by atoms with Crippen molar-refractivity contribution in [2.75, 3.05) is 23.7 Å². The lowest BCUT2D eigenvalue weighted by Crippen LogP contribution is -2.23. The minimum atomic E-state index is 0.859. The molecule has 0 bridgehead atoms. The zero-order valence-corrected chi connectivity index (χ0v) is 9.38. The van der Waals surface area contributed by atoms with E-state index in [2.05, 4.69) is 37.8 Å². The van der Waals surface area contributed by atoms with E-state index in [1.54, 1.807) is 0 Å². The van der Waals surface area contributed by atoms with Crippen molar-refractivity contribution in [3.05, 3.63) is 23.8 Å². The first-order valence-corrected chi connectivity index (χ1v) is 5.36. The fourth-order valence-electron chi connectivity index (χ4n) is 1.76. The molecular weight excluding hydrogens is 172 g/mol. The number of nitrogens with two attached hydrogens (primary N) is 1. The minimum absolute atomic E-state index is 0.859. The molecule has 1 aromatic rings. The zero-order chi connectivity index (χ0) is 10.6. The summed E-state index contributed by atoms with van der Waals surface area (Å²) in [4.78, 5) is 2.36. The van der Waals surface area contributed by atoms with Gasteiger partial charge in [0, 0.05) is 24.5 Å². The molecule has 0 heterocycles. The highest BCUT2D eigenvalue weighted by Crippen LogP contribution is 2.23. The van der Waals surface area contributed by atoms with Crippen molar-refractivity contribution in [3.63, 3.8) is 0 Å². The average molecular weight is 192 g/mol. The van der Waals surface area contributed by atoms with Crippen LogP contribution in [0, 0.1) is 0 Å². The number of aryl methyl sites for hydroxylation is 1. The number of hydrogen-bond donors (Lipinski definition) is 1. The predicted molar refractivity (Wildman–Crippen MR) is 63.8 cm³/mol. The second-order valence-corrected chi connectivity index (χ2v) is 3.41. The molecule has 0 amide bonds. The highest BCUT2D eigenvalue weighted by Gasteiger charge is 2.06. The highest BCUT2D eigenvalue weighted by atomic mass is 15.1. The molecule has 0 aromatic heterocycles. The first kappa shape index (κ1) is 10.9. The summed E-state index contributed by atoms with van der Waals surface area (Å²) in [7, 11) is 0. The van der Waals surface area contributed by atoms with Crippen LogP contribution in [0.1, 0.15) is 26.3 Å². The quantitative estimate of drug-likeness (QED) is 0.743. The normalized spacial score (nSPS) is 10.2. The Morgan fingerprint density at radius 3 is 2.29 bits per heavy atom. The van der Waals surface area contributed by atoms with Gasteiger partial charge in [-0.3, -0.25) is 0 Å². The van der Waals surface area contributed by atoms with Gasteiger partial charge in [-0.25, -0.2) is 0 Å². The first-order valence-electron chi connectivity index (χ1n) is 5.36. The van der Waals surface area contributed by atoms with Gasteiger partial charge in [0.2, 0.25) is 0 Å². The lowest BCUT2D eigenvalue weighted by atomic mass is 10.1. The van der Waals surface area contributed by atoms with E-state index >= 15 is 0 Å². The largest absolute Gasteiger partial charge is 0.399 e. The molecule has 0 fully saturated rings. The van der Waals surface area contributed by atoms with Crippen LogP contribution in [-0.2, 0) is 6.42 Å². The first-order chi connectivity index (χ1) is 6.72. The monoisotopic (exact) mass is 192 g/mol. The smallest absolute Gasteiger partial charge is 0.0399 e. The zero-order valence-electron chi connectivity index (χ0n) is 9.38. The predicted octanol–water partition coefficient (Wildman–Crippen LogP) is 2.68. The Bertz CT molecular complexity index is 290. The van der Waals surface area contributed by atoms with Crippen molar-refractivity contribution >= 4 is 11.4 Å². The number of nitrogen functional groups attached to an aromatic ring is 1. The van der Waals surface area contributed by atoms with Crippen LogP contribution < -0.4 is 10.6 Å². The number of hydrogen-bond acceptors (Lipinski definition) is 2. The summed E-state index contributed by atoms with van der Waals surface area (Å²) in [5.74, 6) is 0. The van der Waals surface area contributed by atoms with Crippen LogP contribution in [0.4, 0.5) is 11.4 Å². The lowest BCUT2D eigenvalue weighted by molar-refractivity contribution is 0.856. The van der Waals surface area contributed by atoms with Crippen molar-refractivity contribution in [2.24, 2.45) is 0 Å². The average Bonchev–Trinajstić information content (AvgIpc) is 2.21. The summed E-state index contributed by atoms with van der Waals surface area (Å²) in [6.45, 7) is 8.63. The standard InChI is InChI=1S/C12H20N2/c1-4-10-9-11(13)7-8-12(10)14(5-2)6-3/h7-9H,4-6,13H2,1-3H3. The van der Waals surface area contributed by atoms with E-state index in [-0.39, 0.29) is 0 Å². The second-order valence-electron chi connectivity index (χ2n) is 3.41. The molecule has 0 saturated carbocycles. The summed E-state index contributed by atoms with van der Waals surface area (Å²) in [6, 6.07) is 6.18. The van der Waals surface area contributed by atoms with Gasteiger partial charge >= 0.3 is 0 Å². The molecule has 1 aromatic carbocycles. The van der Waals surface area contributed by atoms with Gasteiger partial charge in [-0.05, 0) is 44.0 Å².